The van der Waals surface area contributed by atoms with E-state index in [0.29, 0.717) is 0 Å². The molecule has 0 unspecified atom stereocenters. The summed E-state index contributed by atoms with van der Waals surface area (Å²) in [6.07, 6.45) is 4.39. The Hall–Kier alpha value is -0.700. The van der Waals surface area contributed by atoms with E-state index in [1.54, 1.807) is 0 Å². The summed E-state index contributed by atoms with van der Waals surface area (Å²) in [5.74, 6) is 2.14. The second-order valence-electron chi connectivity index (χ2n) is 2.83. The van der Waals surface area contributed by atoms with Gasteiger partial charge in [-0.15, -0.1) is 11.8 Å². The molecule has 0 amide bonds. The van der Waals surface area contributed by atoms with Crippen LogP contribution >= 0.6 is 11.8 Å². The van der Waals surface area contributed by atoms with Crippen LogP contribution in [0.5, 0.6) is 0 Å². The van der Waals surface area contributed by atoms with Gasteiger partial charge < -0.3 is 5.32 Å². The SMILES string of the molecule is CCCCSc1ccnc(NC)c1. The Bertz CT molecular complexity index is 250. The van der Waals surface area contributed by atoms with Crippen LogP contribution in [-0.2, 0) is 0 Å². The molecule has 1 heterocycles. The van der Waals surface area contributed by atoms with Crippen molar-refractivity contribution in [3.05, 3.63) is 18.3 Å². The van der Waals surface area contributed by atoms with Gasteiger partial charge >= 0.3 is 0 Å². The van der Waals surface area contributed by atoms with Crippen molar-refractivity contribution in [1.29, 1.82) is 0 Å². The normalized spacial score (nSPS) is 10.0. The Morgan fingerprint density at radius 1 is 1.54 bits per heavy atom. The number of thioether (sulfide) groups is 1. The largest absolute Gasteiger partial charge is 0.373 e. The first-order valence-electron chi connectivity index (χ1n) is 4.63. The zero-order chi connectivity index (χ0) is 9.52. The number of hydrogen-bond acceptors (Lipinski definition) is 3. The van der Waals surface area contributed by atoms with Gasteiger partial charge in [0.1, 0.15) is 5.82 Å². The molecule has 1 N–H and O–H groups in total. The van der Waals surface area contributed by atoms with Gasteiger partial charge in [-0.05, 0) is 24.3 Å². The van der Waals surface area contributed by atoms with Gasteiger partial charge in [-0.2, -0.15) is 0 Å². The fourth-order valence-electron chi connectivity index (χ4n) is 0.972. The van der Waals surface area contributed by atoms with Crippen LogP contribution in [-0.4, -0.2) is 17.8 Å². The molecule has 0 aliphatic carbocycles. The summed E-state index contributed by atoms with van der Waals surface area (Å²) in [6, 6.07) is 4.14. The Morgan fingerprint density at radius 3 is 3.08 bits per heavy atom. The smallest absolute Gasteiger partial charge is 0.126 e. The quantitative estimate of drug-likeness (QED) is 0.579. The van der Waals surface area contributed by atoms with Crippen LogP contribution in [0.3, 0.4) is 0 Å². The molecular weight excluding hydrogens is 180 g/mol. The van der Waals surface area contributed by atoms with Gasteiger partial charge in [0.15, 0.2) is 0 Å². The van der Waals surface area contributed by atoms with Crippen LogP contribution in [0, 0.1) is 0 Å². The molecule has 1 aromatic rings. The van der Waals surface area contributed by atoms with Crippen LogP contribution in [0.4, 0.5) is 5.82 Å². The topological polar surface area (TPSA) is 24.9 Å². The standard InChI is InChI=1S/C10H16N2S/c1-3-4-7-13-9-5-6-12-10(8-9)11-2/h5-6,8H,3-4,7H2,1-2H3,(H,11,12). The lowest BCUT2D eigenvalue weighted by atomic mass is 10.4. The Morgan fingerprint density at radius 2 is 2.38 bits per heavy atom. The van der Waals surface area contributed by atoms with E-state index in [0.717, 1.165) is 5.82 Å². The maximum atomic E-state index is 4.16. The minimum Gasteiger partial charge on any atom is -0.373 e. The lowest BCUT2D eigenvalue weighted by molar-refractivity contribution is 0.896. The summed E-state index contributed by atoms with van der Waals surface area (Å²) in [7, 11) is 1.89. The summed E-state index contributed by atoms with van der Waals surface area (Å²) in [6.45, 7) is 2.21. The number of nitrogens with zero attached hydrogens (tertiary/aromatic N) is 1. The average Bonchev–Trinajstić information content (AvgIpc) is 2.19. The van der Waals surface area contributed by atoms with Crippen molar-refractivity contribution in [3.8, 4) is 0 Å². The van der Waals surface area contributed by atoms with Crippen LogP contribution in [0.2, 0.25) is 0 Å². The molecule has 0 radical (unpaired) electrons. The molecule has 2 nitrogen and oxygen atoms in total. The van der Waals surface area contributed by atoms with Crippen molar-refractivity contribution in [2.45, 2.75) is 24.7 Å². The van der Waals surface area contributed by atoms with Crippen molar-refractivity contribution in [2.24, 2.45) is 0 Å². The van der Waals surface area contributed by atoms with E-state index in [2.05, 4.69) is 29.4 Å². The summed E-state index contributed by atoms with van der Waals surface area (Å²) < 4.78 is 0. The minimum absolute atomic E-state index is 0.946. The maximum absolute atomic E-state index is 4.16. The number of hydrogen-bond donors (Lipinski definition) is 1. The molecule has 0 saturated carbocycles. The molecule has 0 bridgehead atoms. The summed E-state index contributed by atoms with van der Waals surface area (Å²) in [5, 5.41) is 3.03. The van der Waals surface area contributed by atoms with E-state index >= 15 is 0 Å². The number of anilines is 1. The highest BCUT2D eigenvalue weighted by Crippen LogP contribution is 2.20. The highest BCUT2D eigenvalue weighted by atomic mass is 32.2. The molecule has 13 heavy (non-hydrogen) atoms. The van der Waals surface area contributed by atoms with E-state index in [1.165, 1.54) is 23.5 Å². The Labute approximate surface area is 84.1 Å². The summed E-state index contributed by atoms with van der Waals surface area (Å²) >= 11 is 1.89. The fourth-order valence-corrected chi connectivity index (χ4v) is 1.99. The van der Waals surface area contributed by atoms with Crippen molar-refractivity contribution >= 4 is 17.6 Å². The number of nitrogens with one attached hydrogen (secondary N) is 1. The highest BCUT2D eigenvalue weighted by Gasteiger charge is 1.95. The zero-order valence-corrected chi connectivity index (χ0v) is 9.03. The summed E-state index contributed by atoms with van der Waals surface area (Å²) in [5.41, 5.74) is 0. The lowest BCUT2D eigenvalue weighted by Gasteiger charge is -2.02. The first-order chi connectivity index (χ1) is 6.36. The third kappa shape index (κ3) is 3.68. The number of rotatable bonds is 5. The van der Waals surface area contributed by atoms with Gasteiger partial charge in [0.25, 0.3) is 0 Å². The van der Waals surface area contributed by atoms with Gasteiger partial charge in [-0.3, -0.25) is 0 Å². The van der Waals surface area contributed by atoms with Gasteiger partial charge in [0.05, 0.1) is 0 Å². The van der Waals surface area contributed by atoms with Crippen LogP contribution in [0.15, 0.2) is 23.2 Å². The van der Waals surface area contributed by atoms with E-state index < -0.39 is 0 Å². The second-order valence-corrected chi connectivity index (χ2v) is 4.00. The average molecular weight is 196 g/mol. The van der Waals surface area contributed by atoms with Crippen molar-refractivity contribution in [1.82, 2.24) is 4.98 Å². The molecule has 0 aliphatic rings. The third-order valence-corrected chi connectivity index (χ3v) is 2.83. The van der Waals surface area contributed by atoms with Crippen molar-refractivity contribution < 1.29 is 0 Å². The maximum Gasteiger partial charge on any atom is 0.126 e. The van der Waals surface area contributed by atoms with E-state index in [1.807, 2.05) is 25.0 Å². The van der Waals surface area contributed by atoms with Crippen LogP contribution < -0.4 is 5.32 Å². The van der Waals surface area contributed by atoms with Gasteiger partial charge in [0, 0.05) is 18.1 Å². The van der Waals surface area contributed by atoms with Gasteiger partial charge in [-0.1, -0.05) is 13.3 Å². The zero-order valence-electron chi connectivity index (χ0n) is 8.21. The highest BCUT2D eigenvalue weighted by molar-refractivity contribution is 7.99. The van der Waals surface area contributed by atoms with E-state index in [9.17, 15) is 0 Å². The summed E-state index contributed by atoms with van der Waals surface area (Å²) in [4.78, 5) is 5.46. The van der Waals surface area contributed by atoms with Gasteiger partial charge in [0.2, 0.25) is 0 Å². The fraction of sp³-hybridized carbons (Fsp3) is 0.500. The predicted molar refractivity (Wildman–Crippen MR) is 59.4 cm³/mol. The Kier molecular flexibility index (Phi) is 4.68. The molecule has 3 heteroatoms. The molecule has 72 valence electrons. The number of pyridine rings is 1. The monoisotopic (exact) mass is 196 g/mol. The number of aromatic nitrogens is 1. The molecule has 0 fully saturated rings. The van der Waals surface area contributed by atoms with E-state index in [-0.39, 0.29) is 0 Å². The third-order valence-electron chi connectivity index (χ3n) is 1.75. The predicted octanol–water partition coefficient (Wildman–Crippen LogP) is 3.02. The van der Waals surface area contributed by atoms with Crippen molar-refractivity contribution in [3.63, 3.8) is 0 Å². The first kappa shape index (κ1) is 10.4. The first-order valence-corrected chi connectivity index (χ1v) is 5.62. The molecular formula is C10H16N2S. The minimum atomic E-state index is 0.946. The molecule has 1 aromatic heterocycles. The van der Waals surface area contributed by atoms with E-state index in [4.69, 9.17) is 0 Å². The molecule has 0 aromatic carbocycles. The molecule has 0 atom stereocenters. The van der Waals surface area contributed by atoms with Crippen LogP contribution in [0.25, 0.3) is 0 Å². The van der Waals surface area contributed by atoms with Gasteiger partial charge in [-0.25, -0.2) is 4.98 Å². The molecule has 0 saturated heterocycles. The second kappa shape index (κ2) is 5.86. The van der Waals surface area contributed by atoms with Crippen molar-refractivity contribution in [2.75, 3.05) is 18.1 Å². The lowest BCUT2D eigenvalue weighted by Crippen LogP contribution is -1.91. The number of unbranched alkanes of at least 4 members (excludes halogenated alkanes) is 1. The molecule has 0 spiro atoms. The van der Waals surface area contributed by atoms with Crippen LogP contribution in [0.1, 0.15) is 19.8 Å². The Balaban J connectivity index is 2.46. The molecule has 1 rings (SSSR count). The molecule has 0 aliphatic heterocycles.